The van der Waals surface area contributed by atoms with Crippen molar-refractivity contribution in [3.05, 3.63) is 145 Å². The van der Waals surface area contributed by atoms with Crippen LogP contribution in [0.2, 0.25) is 0 Å². The van der Waals surface area contributed by atoms with Gasteiger partial charge in [0.1, 0.15) is 29.2 Å². The van der Waals surface area contributed by atoms with Crippen LogP contribution >= 0.6 is 0 Å². The van der Waals surface area contributed by atoms with Gasteiger partial charge in [-0.05, 0) is 123 Å². The van der Waals surface area contributed by atoms with Crippen LogP contribution in [0.1, 0.15) is 80.9 Å². The molecule has 0 saturated heterocycles. The minimum absolute atomic E-state index is 0.0480. The van der Waals surface area contributed by atoms with Crippen LogP contribution in [0.25, 0.3) is 22.2 Å². The van der Waals surface area contributed by atoms with Crippen LogP contribution in [0.15, 0.2) is 128 Å². The third kappa shape index (κ3) is 13.0. The van der Waals surface area contributed by atoms with E-state index in [4.69, 9.17) is 28.7 Å². The number of allylic oxidation sites excluding steroid dienone is 1. The Bertz CT molecular complexity index is 2550. The highest BCUT2D eigenvalue weighted by Crippen LogP contribution is 2.37. The highest BCUT2D eigenvalue weighted by molar-refractivity contribution is 5.95. The fourth-order valence-electron chi connectivity index (χ4n) is 8.28. The summed E-state index contributed by atoms with van der Waals surface area (Å²) in [4.78, 5) is 80.6. The zero-order chi connectivity index (χ0) is 46.4. The van der Waals surface area contributed by atoms with Crippen LogP contribution in [0.4, 0.5) is 0 Å². The summed E-state index contributed by atoms with van der Waals surface area (Å²) in [6.07, 6.45) is 7.56. The predicted molar refractivity (Wildman–Crippen MR) is 246 cm³/mol. The number of fused-ring (bicyclic) bond motifs is 1. The first-order valence-corrected chi connectivity index (χ1v) is 22.5. The average Bonchev–Trinajstić information content (AvgIpc) is 3.34. The van der Waals surface area contributed by atoms with Crippen LogP contribution in [0.5, 0.6) is 17.2 Å². The zero-order valence-corrected chi connectivity index (χ0v) is 36.8. The lowest BCUT2D eigenvalue weighted by atomic mass is 9.87. The third-order valence-corrected chi connectivity index (χ3v) is 12.1. The molecular weight excluding hydrogens is 839 g/mol. The maximum Gasteiger partial charge on any atom is 0.335 e. The van der Waals surface area contributed by atoms with Gasteiger partial charge in [-0.25, -0.2) is 9.78 Å². The first-order chi connectivity index (χ1) is 32.0. The topological polar surface area (TPSA) is 161 Å². The summed E-state index contributed by atoms with van der Waals surface area (Å²) < 4.78 is 28.7. The maximum absolute atomic E-state index is 13.6. The standard InChI is InChI=1S/C54H53NO11/c1-3-41(56)34-37-12-10-35(11-13-37)16-32-50(58)63-43-24-18-39(19-25-43)53(60)65-47-30-31-48(52-45(47)28-29-46(55-52)38-8-6-5-7-9-38)66-54(61)40-20-26-44(27-21-40)64-51(59)33-17-36-14-22-42(23-15-36)62-49(57)4-2/h3-15,22-23,28-31,39-40,43-44H,1-2,16-21,24-27,32-34H2/t39-,40-,43-,44-. The SMILES string of the molecule is C=CC(=O)Cc1ccc(CCC(=O)O[C@H]2CC[C@H](C(=O)Oc3ccc(OC(=O)[C@H]4CC[C@H](OC(=O)CCc5ccc(OC(=O)C=C)cc5)CC4)c4nc(-c5ccccc5)ccc34)CC2)cc1. The summed E-state index contributed by atoms with van der Waals surface area (Å²) in [6, 6.07) is 31.0. The first-order valence-electron chi connectivity index (χ1n) is 22.5. The summed E-state index contributed by atoms with van der Waals surface area (Å²) in [5, 5.41) is 0.513. The van der Waals surface area contributed by atoms with Gasteiger partial charge in [0.15, 0.2) is 11.5 Å². The number of carbonyl (C=O) groups is 6. The molecule has 2 fully saturated rings. The second-order valence-electron chi connectivity index (χ2n) is 16.7. The van der Waals surface area contributed by atoms with Crippen LogP contribution in [-0.4, -0.2) is 52.8 Å². The van der Waals surface area contributed by atoms with Gasteiger partial charge in [-0.15, -0.1) is 0 Å². The fourth-order valence-corrected chi connectivity index (χ4v) is 8.28. The molecule has 0 atom stereocenters. The molecule has 0 aliphatic heterocycles. The van der Waals surface area contributed by atoms with Gasteiger partial charge in [0.25, 0.3) is 0 Å². The van der Waals surface area contributed by atoms with E-state index in [9.17, 15) is 28.8 Å². The molecule has 66 heavy (non-hydrogen) atoms. The van der Waals surface area contributed by atoms with Gasteiger partial charge in [0.05, 0.1) is 17.5 Å². The van der Waals surface area contributed by atoms with Gasteiger partial charge < -0.3 is 23.7 Å². The van der Waals surface area contributed by atoms with Crippen molar-refractivity contribution in [3.63, 3.8) is 0 Å². The molecule has 340 valence electrons. The summed E-state index contributed by atoms with van der Waals surface area (Å²) in [7, 11) is 0. The Morgan fingerprint density at radius 3 is 1.61 bits per heavy atom. The van der Waals surface area contributed by atoms with Crippen LogP contribution in [-0.2, 0) is 57.5 Å². The number of pyridine rings is 1. The van der Waals surface area contributed by atoms with E-state index < -0.39 is 23.8 Å². The maximum atomic E-state index is 13.6. The minimum Gasteiger partial charge on any atom is -0.462 e. The minimum atomic E-state index is -0.547. The van der Waals surface area contributed by atoms with Crippen molar-refractivity contribution >= 4 is 46.5 Å². The van der Waals surface area contributed by atoms with E-state index >= 15 is 0 Å². The number of carbonyl (C=O) groups excluding carboxylic acids is 6. The molecule has 0 bridgehead atoms. The smallest absolute Gasteiger partial charge is 0.335 e. The van der Waals surface area contributed by atoms with Crippen molar-refractivity contribution < 1.29 is 52.5 Å². The first kappa shape index (κ1) is 46.8. The zero-order valence-electron chi connectivity index (χ0n) is 36.8. The Balaban J connectivity index is 0.908. The third-order valence-electron chi connectivity index (χ3n) is 12.1. The van der Waals surface area contributed by atoms with Gasteiger partial charge in [-0.2, -0.15) is 0 Å². The van der Waals surface area contributed by atoms with Gasteiger partial charge >= 0.3 is 29.8 Å². The van der Waals surface area contributed by atoms with Crippen molar-refractivity contribution in [2.24, 2.45) is 11.8 Å². The molecule has 2 aliphatic rings. The summed E-state index contributed by atoms with van der Waals surface area (Å²) in [5.74, 6) is -1.89. The summed E-state index contributed by atoms with van der Waals surface area (Å²) >= 11 is 0. The average molecular weight is 892 g/mol. The second kappa shape index (κ2) is 22.6. The predicted octanol–water partition coefficient (Wildman–Crippen LogP) is 9.57. The monoisotopic (exact) mass is 891 g/mol. The Morgan fingerprint density at radius 1 is 0.545 bits per heavy atom. The van der Waals surface area contributed by atoms with E-state index in [0.29, 0.717) is 98.7 Å². The van der Waals surface area contributed by atoms with Crippen LogP contribution < -0.4 is 14.2 Å². The summed E-state index contributed by atoms with van der Waals surface area (Å²) in [6.45, 7) is 6.89. The van der Waals surface area contributed by atoms with Crippen molar-refractivity contribution in [2.75, 3.05) is 0 Å². The number of aryl methyl sites for hydroxylation is 2. The van der Waals surface area contributed by atoms with Crippen molar-refractivity contribution in [1.29, 1.82) is 0 Å². The quantitative estimate of drug-likeness (QED) is 0.0466. The molecule has 0 unspecified atom stereocenters. The number of nitrogens with zero attached hydrogens (tertiary/aromatic N) is 1. The Labute approximate surface area is 384 Å². The number of ketones is 1. The molecule has 12 heteroatoms. The van der Waals surface area contributed by atoms with Crippen LogP contribution in [0, 0.1) is 11.8 Å². The highest BCUT2D eigenvalue weighted by Gasteiger charge is 2.32. The van der Waals surface area contributed by atoms with Gasteiger partial charge in [-0.1, -0.05) is 79.9 Å². The largest absolute Gasteiger partial charge is 0.462 e. The van der Waals surface area contributed by atoms with Gasteiger partial charge in [0.2, 0.25) is 0 Å². The Kier molecular flexibility index (Phi) is 16.0. The second-order valence-corrected chi connectivity index (χ2v) is 16.7. The number of rotatable bonds is 18. The molecular formula is C54H53NO11. The molecule has 12 nitrogen and oxygen atoms in total. The molecule has 0 amide bonds. The molecule has 0 spiro atoms. The number of ether oxygens (including phenoxy) is 5. The molecule has 2 aliphatic carbocycles. The number of hydrogen-bond donors (Lipinski definition) is 0. The van der Waals surface area contributed by atoms with Gasteiger partial charge in [0, 0.05) is 36.3 Å². The number of esters is 5. The fraction of sp³-hybridized carbons (Fsp3) is 0.315. The molecule has 0 N–H and O–H groups in total. The van der Waals surface area contributed by atoms with Crippen molar-refractivity contribution in [2.45, 2.75) is 95.7 Å². The normalized spacial score (nSPS) is 18.0. The molecule has 1 heterocycles. The molecule has 2 saturated carbocycles. The van der Waals surface area contributed by atoms with Gasteiger partial charge in [-0.3, -0.25) is 24.0 Å². The van der Waals surface area contributed by atoms with E-state index in [-0.39, 0.29) is 54.4 Å². The molecule has 1 aromatic heterocycles. The number of hydrogen-bond acceptors (Lipinski definition) is 12. The van der Waals surface area contributed by atoms with Crippen LogP contribution in [0.3, 0.4) is 0 Å². The molecule has 7 rings (SSSR count). The lowest BCUT2D eigenvalue weighted by Gasteiger charge is -2.27. The summed E-state index contributed by atoms with van der Waals surface area (Å²) in [5.41, 5.74) is 4.65. The van der Waals surface area contributed by atoms with E-state index in [1.165, 1.54) is 6.08 Å². The number of benzene rings is 4. The Hall–Kier alpha value is -7.21. The van der Waals surface area contributed by atoms with Crippen molar-refractivity contribution in [3.8, 4) is 28.5 Å². The van der Waals surface area contributed by atoms with E-state index in [1.54, 1.807) is 36.4 Å². The lowest BCUT2D eigenvalue weighted by molar-refractivity contribution is -0.153. The number of aromatic nitrogens is 1. The molecule has 0 radical (unpaired) electrons. The Morgan fingerprint density at radius 2 is 1.06 bits per heavy atom. The molecule has 4 aromatic carbocycles. The van der Waals surface area contributed by atoms with E-state index in [1.807, 2.05) is 66.7 Å². The molecule has 5 aromatic rings. The van der Waals surface area contributed by atoms with E-state index in [2.05, 4.69) is 13.2 Å². The lowest BCUT2D eigenvalue weighted by Crippen LogP contribution is -2.30. The highest BCUT2D eigenvalue weighted by atomic mass is 16.6. The van der Waals surface area contributed by atoms with E-state index in [0.717, 1.165) is 28.3 Å². The van der Waals surface area contributed by atoms with Crippen molar-refractivity contribution in [1.82, 2.24) is 4.98 Å².